The third kappa shape index (κ3) is 7.30. The second kappa shape index (κ2) is 9.95. The second-order valence-electron chi connectivity index (χ2n) is 4.73. The summed E-state index contributed by atoms with van der Waals surface area (Å²) in [5.74, 6) is 0. The van der Waals surface area contributed by atoms with Gasteiger partial charge in [-0.05, 0) is 25.5 Å². The van der Waals surface area contributed by atoms with E-state index in [0.29, 0.717) is 19.3 Å². The van der Waals surface area contributed by atoms with Crippen LogP contribution in [0, 0.1) is 0 Å². The van der Waals surface area contributed by atoms with Crippen LogP contribution in [0.2, 0.25) is 0 Å². The molecule has 1 aromatic rings. The van der Waals surface area contributed by atoms with Crippen LogP contribution in [0.3, 0.4) is 0 Å². The van der Waals surface area contributed by atoms with Crippen molar-refractivity contribution in [3.8, 4) is 0 Å². The van der Waals surface area contributed by atoms with Gasteiger partial charge in [0.15, 0.2) is 0 Å². The Kier molecular flexibility index (Phi) is 8.45. The molecule has 0 aromatic carbocycles. The van der Waals surface area contributed by atoms with Crippen LogP contribution in [0.4, 0.5) is 0 Å². The molecule has 110 valence electrons. The van der Waals surface area contributed by atoms with Crippen LogP contribution in [0.5, 0.6) is 0 Å². The standard InChI is InChI=1S/C14H27N3O2/c1-4-7-15-13(6-9-19-11-10-18-3)12-14-5-8-17(2)16-14/h5,8,13,15H,4,6-7,9-12H2,1-3H3. The lowest BCUT2D eigenvalue weighted by molar-refractivity contribution is 0.0658. The molecule has 0 amide bonds. The number of aromatic nitrogens is 2. The minimum atomic E-state index is 0.428. The van der Waals surface area contributed by atoms with Crippen molar-refractivity contribution in [2.24, 2.45) is 7.05 Å². The quantitative estimate of drug-likeness (QED) is 0.617. The van der Waals surface area contributed by atoms with Crippen LogP contribution in [-0.4, -0.2) is 49.3 Å². The van der Waals surface area contributed by atoms with Crippen molar-refractivity contribution in [3.63, 3.8) is 0 Å². The highest BCUT2D eigenvalue weighted by molar-refractivity contribution is 5.01. The molecule has 0 aliphatic heterocycles. The maximum atomic E-state index is 5.54. The van der Waals surface area contributed by atoms with Crippen molar-refractivity contribution >= 4 is 0 Å². The summed E-state index contributed by atoms with van der Waals surface area (Å²) in [4.78, 5) is 0. The molecule has 0 aliphatic rings. The smallest absolute Gasteiger partial charge is 0.0700 e. The van der Waals surface area contributed by atoms with Gasteiger partial charge in [0.1, 0.15) is 0 Å². The number of aryl methyl sites for hydroxylation is 1. The normalized spacial score (nSPS) is 12.8. The first-order valence-electron chi connectivity index (χ1n) is 7.04. The molecular weight excluding hydrogens is 242 g/mol. The Bertz CT molecular complexity index is 328. The monoisotopic (exact) mass is 269 g/mol. The molecule has 0 aliphatic carbocycles. The number of hydrogen-bond donors (Lipinski definition) is 1. The SMILES string of the molecule is CCCNC(CCOCCOC)Cc1ccn(C)n1. The summed E-state index contributed by atoms with van der Waals surface area (Å²) in [6.45, 7) is 5.31. The van der Waals surface area contributed by atoms with Crippen molar-refractivity contribution < 1.29 is 9.47 Å². The Morgan fingerprint density at radius 3 is 2.84 bits per heavy atom. The summed E-state index contributed by atoms with van der Waals surface area (Å²) in [6, 6.07) is 2.50. The largest absolute Gasteiger partial charge is 0.382 e. The van der Waals surface area contributed by atoms with Gasteiger partial charge in [-0.2, -0.15) is 5.10 Å². The Hall–Kier alpha value is -0.910. The van der Waals surface area contributed by atoms with Gasteiger partial charge in [-0.15, -0.1) is 0 Å². The molecule has 1 N–H and O–H groups in total. The predicted octanol–water partition coefficient (Wildman–Crippen LogP) is 1.38. The fraction of sp³-hybridized carbons (Fsp3) is 0.786. The summed E-state index contributed by atoms with van der Waals surface area (Å²) >= 11 is 0. The molecule has 5 nitrogen and oxygen atoms in total. The highest BCUT2D eigenvalue weighted by Gasteiger charge is 2.10. The highest BCUT2D eigenvalue weighted by Crippen LogP contribution is 2.04. The van der Waals surface area contributed by atoms with E-state index in [-0.39, 0.29) is 0 Å². The number of nitrogens with one attached hydrogen (secondary N) is 1. The minimum absolute atomic E-state index is 0.428. The van der Waals surface area contributed by atoms with Gasteiger partial charge in [0.05, 0.1) is 18.9 Å². The van der Waals surface area contributed by atoms with Crippen LogP contribution in [0.1, 0.15) is 25.5 Å². The number of ether oxygens (including phenoxy) is 2. The zero-order valence-corrected chi connectivity index (χ0v) is 12.4. The lowest BCUT2D eigenvalue weighted by Gasteiger charge is -2.17. The molecule has 0 fully saturated rings. The van der Waals surface area contributed by atoms with E-state index in [9.17, 15) is 0 Å². The summed E-state index contributed by atoms with van der Waals surface area (Å²) in [7, 11) is 3.64. The van der Waals surface area contributed by atoms with E-state index >= 15 is 0 Å². The van der Waals surface area contributed by atoms with E-state index in [1.54, 1.807) is 7.11 Å². The van der Waals surface area contributed by atoms with Gasteiger partial charge in [-0.1, -0.05) is 6.92 Å². The first-order chi connectivity index (χ1) is 9.26. The molecule has 0 saturated carbocycles. The minimum Gasteiger partial charge on any atom is -0.382 e. The summed E-state index contributed by atoms with van der Waals surface area (Å²) in [5, 5.41) is 7.99. The van der Waals surface area contributed by atoms with E-state index in [1.165, 1.54) is 0 Å². The Morgan fingerprint density at radius 2 is 2.21 bits per heavy atom. The Labute approximate surface area is 116 Å². The van der Waals surface area contributed by atoms with E-state index in [0.717, 1.165) is 38.1 Å². The average Bonchev–Trinajstić information content (AvgIpc) is 2.81. The van der Waals surface area contributed by atoms with Gasteiger partial charge in [0.25, 0.3) is 0 Å². The van der Waals surface area contributed by atoms with Gasteiger partial charge in [0, 0.05) is 39.4 Å². The average molecular weight is 269 g/mol. The molecule has 0 saturated heterocycles. The third-order valence-corrected chi connectivity index (χ3v) is 2.95. The molecule has 1 atom stereocenters. The molecule has 1 unspecified atom stereocenters. The first kappa shape index (κ1) is 16.1. The van der Waals surface area contributed by atoms with Gasteiger partial charge >= 0.3 is 0 Å². The molecule has 1 rings (SSSR count). The number of hydrogen-bond acceptors (Lipinski definition) is 4. The topological polar surface area (TPSA) is 48.3 Å². The van der Waals surface area contributed by atoms with Crippen LogP contribution in [0.25, 0.3) is 0 Å². The molecular formula is C14H27N3O2. The summed E-state index contributed by atoms with van der Waals surface area (Å²) in [6.07, 6.45) is 5.08. The molecule has 0 radical (unpaired) electrons. The fourth-order valence-corrected chi connectivity index (χ4v) is 1.92. The zero-order valence-electron chi connectivity index (χ0n) is 12.4. The van der Waals surface area contributed by atoms with E-state index in [4.69, 9.17) is 9.47 Å². The van der Waals surface area contributed by atoms with Crippen LogP contribution in [0.15, 0.2) is 12.3 Å². The van der Waals surface area contributed by atoms with Crippen molar-refractivity contribution in [3.05, 3.63) is 18.0 Å². The van der Waals surface area contributed by atoms with E-state index in [1.807, 2.05) is 17.9 Å². The predicted molar refractivity (Wildman–Crippen MR) is 76.3 cm³/mol. The van der Waals surface area contributed by atoms with Gasteiger partial charge in [0.2, 0.25) is 0 Å². The number of rotatable bonds is 11. The van der Waals surface area contributed by atoms with Crippen molar-refractivity contribution in [2.45, 2.75) is 32.2 Å². The molecule has 0 spiro atoms. The number of nitrogens with zero attached hydrogens (tertiary/aromatic N) is 2. The first-order valence-corrected chi connectivity index (χ1v) is 7.04. The lowest BCUT2D eigenvalue weighted by Crippen LogP contribution is -2.33. The molecule has 5 heteroatoms. The van der Waals surface area contributed by atoms with Gasteiger partial charge in [-0.25, -0.2) is 0 Å². The fourth-order valence-electron chi connectivity index (χ4n) is 1.92. The van der Waals surface area contributed by atoms with Crippen LogP contribution < -0.4 is 5.32 Å². The summed E-state index contributed by atoms with van der Waals surface area (Å²) < 4.78 is 12.3. The Morgan fingerprint density at radius 1 is 1.37 bits per heavy atom. The number of methoxy groups -OCH3 is 1. The van der Waals surface area contributed by atoms with Crippen LogP contribution in [-0.2, 0) is 22.9 Å². The van der Waals surface area contributed by atoms with Crippen molar-refractivity contribution in [1.29, 1.82) is 0 Å². The maximum Gasteiger partial charge on any atom is 0.0700 e. The Balaban J connectivity index is 2.29. The molecule has 1 aromatic heterocycles. The van der Waals surface area contributed by atoms with Crippen molar-refractivity contribution in [1.82, 2.24) is 15.1 Å². The molecule has 0 bridgehead atoms. The van der Waals surface area contributed by atoms with Gasteiger partial charge < -0.3 is 14.8 Å². The lowest BCUT2D eigenvalue weighted by atomic mass is 10.1. The van der Waals surface area contributed by atoms with E-state index in [2.05, 4.69) is 23.4 Å². The molecule has 19 heavy (non-hydrogen) atoms. The maximum absolute atomic E-state index is 5.54. The zero-order chi connectivity index (χ0) is 13.9. The second-order valence-corrected chi connectivity index (χ2v) is 4.73. The molecule has 1 heterocycles. The summed E-state index contributed by atoms with van der Waals surface area (Å²) in [5.41, 5.74) is 1.13. The third-order valence-electron chi connectivity index (χ3n) is 2.95. The van der Waals surface area contributed by atoms with E-state index < -0.39 is 0 Å². The van der Waals surface area contributed by atoms with Crippen LogP contribution >= 0.6 is 0 Å². The highest BCUT2D eigenvalue weighted by atomic mass is 16.5. The van der Waals surface area contributed by atoms with Gasteiger partial charge in [-0.3, -0.25) is 4.68 Å². The van der Waals surface area contributed by atoms with Crippen molar-refractivity contribution in [2.75, 3.05) is 33.5 Å².